The predicted molar refractivity (Wildman–Crippen MR) is 97.2 cm³/mol. The van der Waals surface area contributed by atoms with E-state index in [0.29, 0.717) is 25.3 Å². The van der Waals surface area contributed by atoms with Gasteiger partial charge in [0.25, 0.3) is 5.91 Å². The molecule has 6 nitrogen and oxygen atoms in total. The molecule has 128 valence electrons. The van der Waals surface area contributed by atoms with Crippen molar-refractivity contribution in [1.29, 1.82) is 0 Å². The summed E-state index contributed by atoms with van der Waals surface area (Å²) in [6.07, 6.45) is 3.64. The Hall–Kier alpha value is -1.73. The Labute approximate surface area is 150 Å². The van der Waals surface area contributed by atoms with E-state index >= 15 is 0 Å². The van der Waals surface area contributed by atoms with Crippen LogP contribution < -0.4 is 10.6 Å². The largest absolute Gasteiger partial charge is 0.329 e. The molecule has 1 aliphatic rings. The van der Waals surface area contributed by atoms with E-state index in [1.54, 1.807) is 10.9 Å². The molecule has 0 saturated carbocycles. The van der Waals surface area contributed by atoms with Crippen LogP contribution in [0.1, 0.15) is 42.7 Å². The van der Waals surface area contributed by atoms with Gasteiger partial charge in [0.15, 0.2) is 5.69 Å². The Balaban J connectivity index is 1.98. The number of hydrogen-bond acceptors (Lipinski definition) is 4. The lowest BCUT2D eigenvalue weighted by Crippen LogP contribution is -2.36. The molecule has 2 N–H and O–H groups in total. The molecular weight excluding hydrogens is 370 g/mol. The van der Waals surface area contributed by atoms with Gasteiger partial charge in [-0.2, -0.15) is 0 Å². The standard InChI is InChI=1S/C17H22BrN5O/c1-3-17(4-2)11-23(15-6-5-12(18)9-13(15)17)16(24)14-10-22(8-7-19)21-20-14/h5-6,9-10H,3-4,7-8,11,19H2,1-2H3. The van der Waals surface area contributed by atoms with Gasteiger partial charge in [0.1, 0.15) is 0 Å². The van der Waals surface area contributed by atoms with Crippen LogP contribution in [-0.2, 0) is 12.0 Å². The molecule has 24 heavy (non-hydrogen) atoms. The fraction of sp³-hybridized carbons (Fsp3) is 0.471. The lowest BCUT2D eigenvalue weighted by molar-refractivity contribution is 0.0979. The minimum atomic E-state index is -0.106. The topological polar surface area (TPSA) is 77.0 Å². The highest BCUT2D eigenvalue weighted by atomic mass is 79.9. The van der Waals surface area contributed by atoms with Crippen LogP contribution in [0.15, 0.2) is 28.9 Å². The summed E-state index contributed by atoms with van der Waals surface area (Å²) in [7, 11) is 0. The summed E-state index contributed by atoms with van der Waals surface area (Å²) in [4.78, 5) is 14.8. The first-order chi connectivity index (χ1) is 11.5. The smallest absolute Gasteiger partial charge is 0.280 e. The van der Waals surface area contributed by atoms with Crippen LogP contribution >= 0.6 is 15.9 Å². The van der Waals surface area contributed by atoms with Gasteiger partial charge < -0.3 is 10.6 Å². The van der Waals surface area contributed by atoms with Gasteiger partial charge in [0, 0.05) is 28.7 Å². The predicted octanol–water partition coefficient (Wildman–Crippen LogP) is 2.72. The first-order valence-corrected chi connectivity index (χ1v) is 9.06. The molecule has 2 heterocycles. The van der Waals surface area contributed by atoms with Crippen LogP contribution in [0, 0.1) is 0 Å². The lowest BCUT2D eigenvalue weighted by atomic mass is 9.78. The van der Waals surface area contributed by atoms with Crippen LogP contribution in [0.25, 0.3) is 0 Å². The molecule has 0 radical (unpaired) electrons. The third-order valence-corrected chi connectivity index (χ3v) is 5.49. The van der Waals surface area contributed by atoms with Crippen molar-refractivity contribution in [3.8, 4) is 0 Å². The van der Waals surface area contributed by atoms with E-state index in [4.69, 9.17) is 5.73 Å². The van der Waals surface area contributed by atoms with Crippen LogP contribution in [0.2, 0.25) is 0 Å². The average molecular weight is 392 g/mol. The molecular formula is C17H22BrN5O. The van der Waals surface area contributed by atoms with Crippen molar-refractivity contribution in [2.75, 3.05) is 18.0 Å². The summed E-state index contributed by atoms with van der Waals surface area (Å²) in [6.45, 7) is 6.05. The number of hydrogen-bond donors (Lipinski definition) is 1. The molecule has 0 bridgehead atoms. The third kappa shape index (κ3) is 2.75. The quantitative estimate of drug-likeness (QED) is 0.849. The van der Waals surface area contributed by atoms with Crippen LogP contribution in [0.3, 0.4) is 0 Å². The fourth-order valence-electron chi connectivity index (χ4n) is 3.45. The second-order valence-corrected chi connectivity index (χ2v) is 7.11. The van der Waals surface area contributed by atoms with Crippen LogP contribution in [0.5, 0.6) is 0 Å². The number of carbonyl (C=O) groups excluding carboxylic acids is 1. The van der Waals surface area contributed by atoms with Gasteiger partial charge in [0.2, 0.25) is 0 Å². The van der Waals surface area contributed by atoms with Crippen LogP contribution in [-0.4, -0.2) is 34.0 Å². The van der Waals surface area contributed by atoms with Gasteiger partial charge in [-0.1, -0.05) is 35.0 Å². The summed E-state index contributed by atoms with van der Waals surface area (Å²) in [5.41, 5.74) is 8.08. The molecule has 3 rings (SSSR count). The first-order valence-electron chi connectivity index (χ1n) is 8.26. The molecule has 0 aliphatic carbocycles. The second-order valence-electron chi connectivity index (χ2n) is 6.20. The average Bonchev–Trinajstić information content (AvgIpc) is 3.17. The molecule has 7 heteroatoms. The van der Waals surface area contributed by atoms with E-state index in [1.807, 2.05) is 17.0 Å². The van der Waals surface area contributed by atoms with Gasteiger partial charge >= 0.3 is 0 Å². The van der Waals surface area contributed by atoms with Crippen LogP contribution in [0.4, 0.5) is 5.69 Å². The maximum absolute atomic E-state index is 13.0. The highest BCUT2D eigenvalue weighted by Crippen LogP contribution is 2.46. The Kier molecular flexibility index (Phi) is 4.73. The molecule has 0 saturated heterocycles. The van der Waals surface area contributed by atoms with E-state index < -0.39 is 0 Å². The Morgan fingerprint density at radius 2 is 2.12 bits per heavy atom. The lowest BCUT2D eigenvalue weighted by Gasteiger charge is -2.27. The zero-order chi connectivity index (χ0) is 17.3. The zero-order valence-corrected chi connectivity index (χ0v) is 15.6. The Morgan fingerprint density at radius 3 is 2.79 bits per heavy atom. The minimum Gasteiger partial charge on any atom is -0.329 e. The van der Waals surface area contributed by atoms with Gasteiger partial charge in [-0.3, -0.25) is 9.48 Å². The van der Waals surface area contributed by atoms with E-state index in [-0.39, 0.29) is 11.3 Å². The molecule has 0 spiro atoms. The number of carbonyl (C=O) groups is 1. The number of halogens is 1. The zero-order valence-electron chi connectivity index (χ0n) is 14.0. The molecule has 1 aliphatic heterocycles. The van der Waals surface area contributed by atoms with E-state index in [0.717, 1.165) is 23.0 Å². The van der Waals surface area contributed by atoms with Gasteiger partial charge in [-0.05, 0) is 36.6 Å². The van der Waals surface area contributed by atoms with Crippen molar-refractivity contribution in [2.24, 2.45) is 5.73 Å². The summed E-state index contributed by atoms with van der Waals surface area (Å²) in [5, 5.41) is 8.00. The first kappa shape index (κ1) is 17.1. The fourth-order valence-corrected chi connectivity index (χ4v) is 3.81. The van der Waals surface area contributed by atoms with Crippen molar-refractivity contribution in [3.63, 3.8) is 0 Å². The molecule has 2 aromatic rings. The number of nitrogens with zero attached hydrogens (tertiary/aromatic N) is 4. The van der Waals surface area contributed by atoms with Crippen molar-refractivity contribution < 1.29 is 4.79 Å². The Bertz CT molecular complexity index is 753. The molecule has 1 aromatic heterocycles. The monoisotopic (exact) mass is 391 g/mol. The van der Waals surface area contributed by atoms with Crippen molar-refractivity contribution >= 4 is 27.5 Å². The molecule has 1 aromatic carbocycles. The van der Waals surface area contributed by atoms with Crippen molar-refractivity contribution in [3.05, 3.63) is 40.1 Å². The Morgan fingerprint density at radius 1 is 1.38 bits per heavy atom. The van der Waals surface area contributed by atoms with Gasteiger partial charge in [-0.15, -0.1) is 5.10 Å². The minimum absolute atomic E-state index is 0.0119. The second kappa shape index (κ2) is 6.64. The number of fused-ring (bicyclic) bond motifs is 1. The normalized spacial score (nSPS) is 15.6. The van der Waals surface area contributed by atoms with Crippen molar-refractivity contribution in [1.82, 2.24) is 15.0 Å². The van der Waals surface area contributed by atoms with Crippen molar-refractivity contribution in [2.45, 2.75) is 38.6 Å². The SMILES string of the molecule is CCC1(CC)CN(C(=O)c2cn(CCN)nn2)c2ccc(Br)cc21. The van der Waals surface area contributed by atoms with Gasteiger partial charge in [-0.25, -0.2) is 0 Å². The highest BCUT2D eigenvalue weighted by molar-refractivity contribution is 9.10. The van der Waals surface area contributed by atoms with Gasteiger partial charge in [0.05, 0.1) is 12.7 Å². The number of amides is 1. The van der Waals surface area contributed by atoms with E-state index in [9.17, 15) is 4.79 Å². The summed E-state index contributed by atoms with van der Waals surface area (Å²) in [6, 6.07) is 6.13. The summed E-state index contributed by atoms with van der Waals surface area (Å²) in [5.74, 6) is -0.106. The number of nitrogens with two attached hydrogens (primary N) is 1. The third-order valence-electron chi connectivity index (χ3n) is 5.00. The molecule has 0 unspecified atom stereocenters. The molecule has 0 atom stereocenters. The number of rotatable bonds is 5. The highest BCUT2D eigenvalue weighted by Gasteiger charge is 2.43. The number of anilines is 1. The van der Waals surface area contributed by atoms with E-state index in [2.05, 4.69) is 46.2 Å². The number of benzene rings is 1. The maximum Gasteiger partial charge on any atom is 0.280 e. The summed E-state index contributed by atoms with van der Waals surface area (Å²) < 4.78 is 2.65. The maximum atomic E-state index is 13.0. The number of aromatic nitrogens is 3. The van der Waals surface area contributed by atoms with E-state index in [1.165, 1.54) is 5.56 Å². The summed E-state index contributed by atoms with van der Waals surface area (Å²) >= 11 is 3.56. The molecule has 1 amide bonds. The molecule has 0 fully saturated rings.